The Kier molecular flexibility index (Phi) is 11.3. The molecule has 2 aromatic heterocycles. The maximum Gasteiger partial charge on any atom is 0.301 e. The number of fused-ring (bicyclic) bond motifs is 1. The molecule has 5 N–H and O–H groups in total. The smallest absolute Gasteiger partial charge is 0.301 e. The summed E-state index contributed by atoms with van der Waals surface area (Å²) in [6.45, 7) is 2.30. The summed E-state index contributed by atoms with van der Waals surface area (Å²) >= 11 is 0. The molecule has 11 nitrogen and oxygen atoms in total. The Bertz CT molecular complexity index is 1060. The molecule has 1 fully saturated rings. The molecular formula is C25H41N5O6. The lowest BCUT2D eigenvalue weighted by Crippen LogP contribution is -2.33. The Hall–Kier alpha value is -2.34. The molecule has 0 radical (unpaired) electrons. The van der Waals surface area contributed by atoms with Gasteiger partial charge in [0.25, 0.3) is 5.56 Å². The lowest BCUT2D eigenvalue weighted by molar-refractivity contribution is -0.0509. The van der Waals surface area contributed by atoms with Gasteiger partial charge in [-0.05, 0) is 6.42 Å². The predicted octanol–water partition coefficient (Wildman–Crippen LogP) is 2.20. The number of nitrogens with one attached hydrogen (secondary N) is 2. The van der Waals surface area contributed by atoms with Crippen molar-refractivity contribution < 1.29 is 20.1 Å². The van der Waals surface area contributed by atoms with E-state index < -0.39 is 42.3 Å². The molecule has 11 heteroatoms. The highest BCUT2D eigenvalue weighted by molar-refractivity contribution is 5.73. The third-order valence-corrected chi connectivity index (χ3v) is 6.77. The third-order valence-electron chi connectivity index (χ3n) is 6.77. The minimum Gasteiger partial charge on any atom is -0.394 e. The minimum absolute atomic E-state index is 0.0544. The van der Waals surface area contributed by atoms with Crippen molar-refractivity contribution in [3.8, 4) is 0 Å². The number of anilines is 1. The van der Waals surface area contributed by atoms with Gasteiger partial charge < -0.3 is 25.4 Å². The highest BCUT2D eigenvalue weighted by Gasteiger charge is 2.44. The fourth-order valence-electron chi connectivity index (χ4n) is 4.65. The number of aliphatic hydroxyl groups is 3. The van der Waals surface area contributed by atoms with Crippen molar-refractivity contribution in [1.29, 1.82) is 0 Å². The molecule has 0 unspecified atom stereocenters. The highest BCUT2D eigenvalue weighted by atomic mass is 16.6. The fraction of sp³-hybridized carbons (Fsp3) is 0.760. The van der Waals surface area contributed by atoms with Crippen LogP contribution in [0.15, 0.2) is 15.9 Å². The second-order valence-corrected chi connectivity index (χ2v) is 9.61. The Balaban J connectivity index is 1.48. The Morgan fingerprint density at radius 3 is 2.17 bits per heavy atom. The molecule has 0 saturated carbocycles. The van der Waals surface area contributed by atoms with E-state index in [9.17, 15) is 24.9 Å². The maximum absolute atomic E-state index is 12.9. The number of aromatic nitrogens is 4. The summed E-state index contributed by atoms with van der Waals surface area (Å²) in [6.07, 6.45) is 11.1. The molecule has 0 amide bonds. The quantitative estimate of drug-likeness (QED) is 0.214. The van der Waals surface area contributed by atoms with E-state index in [1.807, 2.05) is 0 Å². The van der Waals surface area contributed by atoms with E-state index in [1.54, 1.807) is 0 Å². The van der Waals surface area contributed by atoms with E-state index in [-0.39, 0.29) is 17.0 Å². The largest absolute Gasteiger partial charge is 0.394 e. The monoisotopic (exact) mass is 507 g/mol. The Morgan fingerprint density at radius 2 is 1.58 bits per heavy atom. The van der Waals surface area contributed by atoms with Crippen molar-refractivity contribution in [1.82, 2.24) is 19.5 Å². The van der Waals surface area contributed by atoms with Gasteiger partial charge in [0.2, 0.25) is 5.95 Å². The predicted molar refractivity (Wildman–Crippen MR) is 137 cm³/mol. The van der Waals surface area contributed by atoms with Gasteiger partial charge in [-0.2, -0.15) is 4.98 Å². The molecule has 2 aromatic rings. The van der Waals surface area contributed by atoms with Gasteiger partial charge in [0.05, 0.1) is 12.9 Å². The minimum atomic E-state index is -1.41. The second kappa shape index (κ2) is 14.4. The number of H-pyrrole nitrogens is 1. The van der Waals surface area contributed by atoms with E-state index in [4.69, 9.17) is 4.74 Å². The van der Waals surface area contributed by atoms with Crippen LogP contribution in [0.4, 0.5) is 5.95 Å². The van der Waals surface area contributed by atoms with Crippen LogP contribution in [0.3, 0.4) is 0 Å². The van der Waals surface area contributed by atoms with Crippen LogP contribution in [0.5, 0.6) is 0 Å². The van der Waals surface area contributed by atoms with Crippen molar-refractivity contribution in [2.75, 3.05) is 18.5 Å². The van der Waals surface area contributed by atoms with Gasteiger partial charge in [-0.1, -0.05) is 77.6 Å². The molecule has 0 aromatic carbocycles. The zero-order valence-corrected chi connectivity index (χ0v) is 21.2. The lowest BCUT2D eigenvalue weighted by atomic mass is 10.1. The highest BCUT2D eigenvalue weighted by Crippen LogP contribution is 2.30. The van der Waals surface area contributed by atoms with Gasteiger partial charge >= 0.3 is 5.56 Å². The number of hydrogen-bond acceptors (Lipinski definition) is 9. The average Bonchev–Trinajstić information content (AvgIpc) is 3.39. The van der Waals surface area contributed by atoms with E-state index in [1.165, 1.54) is 68.7 Å². The van der Waals surface area contributed by atoms with Crippen molar-refractivity contribution in [3.63, 3.8) is 0 Å². The molecule has 1 saturated heterocycles. The number of unbranched alkanes of at least 4 members (excludes halogenated alkanes) is 11. The number of aromatic amines is 1. The van der Waals surface area contributed by atoms with E-state index >= 15 is 0 Å². The van der Waals surface area contributed by atoms with Gasteiger partial charge in [-0.15, -0.1) is 0 Å². The van der Waals surface area contributed by atoms with Crippen LogP contribution >= 0.6 is 0 Å². The Labute approximate surface area is 210 Å². The summed E-state index contributed by atoms with van der Waals surface area (Å²) in [6, 6.07) is 0. The Morgan fingerprint density at radius 1 is 0.972 bits per heavy atom. The summed E-state index contributed by atoms with van der Waals surface area (Å²) < 4.78 is 6.67. The van der Waals surface area contributed by atoms with Gasteiger partial charge in [-0.25, -0.2) is 4.98 Å². The summed E-state index contributed by atoms with van der Waals surface area (Å²) in [7, 11) is 0. The molecule has 3 rings (SSSR count). The number of rotatable bonds is 16. The number of nitrogens with zero attached hydrogens (tertiary/aromatic N) is 3. The molecule has 0 bridgehead atoms. The van der Waals surface area contributed by atoms with Crippen LogP contribution < -0.4 is 16.4 Å². The van der Waals surface area contributed by atoms with Crippen molar-refractivity contribution >= 4 is 17.0 Å². The molecule has 1 aliphatic rings. The van der Waals surface area contributed by atoms with Crippen molar-refractivity contribution in [3.05, 3.63) is 27.0 Å². The average molecular weight is 508 g/mol. The number of aliphatic hydroxyl groups excluding tert-OH is 3. The molecule has 0 spiro atoms. The van der Waals surface area contributed by atoms with Gasteiger partial charge in [0, 0.05) is 6.54 Å². The van der Waals surface area contributed by atoms with Crippen LogP contribution in [-0.2, 0) is 4.74 Å². The first-order valence-electron chi connectivity index (χ1n) is 13.4. The van der Waals surface area contributed by atoms with Crippen LogP contribution in [-0.4, -0.2) is 66.3 Å². The zero-order chi connectivity index (χ0) is 25.9. The molecule has 4 atom stereocenters. The summed E-state index contributed by atoms with van der Waals surface area (Å²) in [5, 5.41) is 32.7. The number of imidazole rings is 1. The van der Waals surface area contributed by atoms with Crippen LogP contribution in [0, 0.1) is 0 Å². The van der Waals surface area contributed by atoms with Crippen LogP contribution in [0.2, 0.25) is 0 Å². The molecule has 1 aliphatic heterocycles. The van der Waals surface area contributed by atoms with Gasteiger partial charge in [0.1, 0.15) is 23.8 Å². The van der Waals surface area contributed by atoms with Crippen molar-refractivity contribution in [2.45, 2.75) is 109 Å². The van der Waals surface area contributed by atoms with Crippen LogP contribution in [0.25, 0.3) is 11.0 Å². The lowest BCUT2D eigenvalue weighted by Gasteiger charge is -2.16. The summed E-state index contributed by atoms with van der Waals surface area (Å²) in [5.74, 6) is 0.0544. The fourth-order valence-corrected chi connectivity index (χ4v) is 4.65. The van der Waals surface area contributed by atoms with Crippen LogP contribution in [0.1, 0.15) is 90.2 Å². The molecule has 202 valence electrons. The molecule has 3 heterocycles. The topological polar surface area (TPSA) is 163 Å². The summed E-state index contributed by atoms with van der Waals surface area (Å²) in [4.78, 5) is 36.0. The molecular weight excluding hydrogens is 466 g/mol. The summed E-state index contributed by atoms with van der Waals surface area (Å²) in [5.41, 5.74) is -1.63. The molecule has 36 heavy (non-hydrogen) atoms. The van der Waals surface area contributed by atoms with Gasteiger partial charge in [0.15, 0.2) is 11.7 Å². The first kappa shape index (κ1) is 28.2. The molecule has 0 aliphatic carbocycles. The SMILES string of the molecule is CCCCCCCCCCCCCCNc1nc(=O)c2ncn([C@@H]3O[C@H](CO)[C@@H](O)[C@H]3O)c2c(=O)[nH]1. The first-order chi connectivity index (χ1) is 17.5. The number of ether oxygens (including phenoxy) is 1. The van der Waals surface area contributed by atoms with Gasteiger partial charge in [-0.3, -0.25) is 19.1 Å². The van der Waals surface area contributed by atoms with E-state index in [0.29, 0.717) is 6.54 Å². The van der Waals surface area contributed by atoms with E-state index in [0.717, 1.165) is 19.3 Å². The van der Waals surface area contributed by atoms with E-state index in [2.05, 4.69) is 27.2 Å². The standard InChI is InChI=1S/C25H41N5O6/c1-2-3-4-5-6-7-8-9-10-11-12-13-14-26-25-28-22(34)18-19(23(35)29-25)30(16-27-18)24-21(33)20(32)17(15-31)36-24/h16-17,20-21,24,31-33H,2-15H2,1H3,(H2,26,28,29,34,35)/t17-,20-,21-,24-/m1/s1. The second-order valence-electron chi connectivity index (χ2n) is 9.61. The maximum atomic E-state index is 12.9. The normalized spacial score (nSPS) is 21.9. The van der Waals surface area contributed by atoms with Crippen molar-refractivity contribution in [2.24, 2.45) is 0 Å². The first-order valence-corrected chi connectivity index (χ1v) is 13.4. The zero-order valence-electron chi connectivity index (χ0n) is 21.2. The number of hydrogen-bond donors (Lipinski definition) is 5. The third kappa shape index (κ3) is 7.34.